The molecule has 32 heavy (non-hydrogen) atoms. The molecule has 2 fully saturated rings. The highest BCUT2D eigenvalue weighted by Gasteiger charge is 2.57. The Balaban J connectivity index is 1.67. The van der Waals surface area contributed by atoms with Crippen LogP contribution in [0.3, 0.4) is 0 Å². The van der Waals surface area contributed by atoms with Crippen molar-refractivity contribution < 1.29 is 31.1 Å². The summed E-state index contributed by atoms with van der Waals surface area (Å²) in [7, 11) is -3.96. The number of amides is 1. The molecule has 0 aromatic heterocycles. The predicted octanol–water partition coefficient (Wildman–Crippen LogP) is 2.59. The van der Waals surface area contributed by atoms with Crippen LogP contribution in [0.2, 0.25) is 0 Å². The van der Waals surface area contributed by atoms with E-state index in [0.29, 0.717) is 29.7 Å². The summed E-state index contributed by atoms with van der Waals surface area (Å²) in [5, 5.41) is 0. The average molecular weight is 468 g/mol. The van der Waals surface area contributed by atoms with Gasteiger partial charge in [-0.25, -0.2) is 26.3 Å². The smallest absolute Gasteiger partial charge is 0.283 e. The van der Waals surface area contributed by atoms with Crippen molar-refractivity contribution in [1.82, 2.24) is 9.62 Å². The van der Waals surface area contributed by atoms with E-state index in [1.165, 1.54) is 12.1 Å². The number of carbonyl (C=O) groups excluding carboxylic acids is 1. The van der Waals surface area contributed by atoms with E-state index in [-0.39, 0.29) is 6.42 Å². The van der Waals surface area contributed by atoms with Gasteiger partial charge in [0.15, 0.2) is 0 Å². The van der Waals surface area contributed by atoms with Gasteiger partial charge < -0.3 is 9.64 Å². The van der Waals surface area contributed by atoms with E-state index in [2.05, 4.69) is 0 Å². The lowest BCUT2D eigenvalue weighted by molar-refractivity contribution is -0.158. The number of nitrogens with one attached hydrogen (secondary N) is 1. The highest BCUT2D eigenvalue weighted by Crippen LogP contribution is 2.36. The number of sulfonamides is 1. The monoisotopic (exact) mass is 468 g/mol. The van der Waals surface area contributed by atoms with Crippen LogP contribution in [0.15, 0.2) is 48.5 Å². The summed E-state index contributed by atoms with van der Waals surface area (Å²) >= 11 is 0. The molecule has 2 saturated heterocycles. The Morgan fingerprint density at radius 1 is 1.19 bits per heavy atom. The molecule has 6 nitrogen and oxygen atoms in total. The van der Waals surface area contributed by atoms with Gasteiger partial charge in [-0.05, 0) is 35.2 Å². The van der Waals surface area contributed by atoms with E-state index in [4.69, 9.17) is 4.74 Å². The molecular formula is C22H23F3N2O4S. The van der Waals surface area contributed by atoms with Gasteiger partial charge in [-0.1, -0.05) is 36.4 Å². The zero-order valence-electron chi connectivity index (χ0n) is 17.3. The summed E-state index contributed by atoms with van der Waals surface area (Å²) in [5.74, 6) is -4.43. The third kappa shape index (κ3) is 4.82. The molecule has 3 atom stereocenters. The first-order chi connectivity index (χ1) is 15.0. The first kappa shape index (κ1) is 22.8. The lowest BCUT2D eigenvalue weighted by Crippen LogP contribution is -2.54. The molecule has 2 aromatic rings. The normalized spacial score (nSPS) is 24.9. The molecule has 0 saturated carbocycles. The number of carbonyl (C=O) groups is 1. The molecule has 2 aliphatic heterocycles. The summed E-state index contributed by atoms with van der Waals surface area (Å²) < 4.78 is 74.2. The molecule has 1 unspecified atom stereocenters. The molecule has 0 bridgehead atoms. The van der Waals surface area contributed by atoms with Gasteiger partial charge in [0.2, 0.25) is 10.0 Å². The van der Waals surface area contributed by atoms with Crippen molar-refractivity contribution in [3.05, 3.63) is 59.9 Å². The van der Waals surface area contributed by atoms with Crippen LogP contribution >= 0.6 is 0 Å². The molecule has 2 aromatic carbocycles. The Morgan fingerprint density at radius 3 is 2.44 bits per heavy atom. The number of rotatable bonds is 6. The lowest BCUT2D eigenvalue weighted by Gasteiger charge is -2.33. The van der Waals surface area contributed by atoms with E-state index >= 15 is 0 Å². The van der Waals surface area contributed by atoms with Gasteiger partial charge in [-0.2, -0.15) is 0 Å². The average Bonchev–Trinajstić information content (AvgIpc) is 2.90. The first-order valence-corrected chi connectivity index (χ1v) is 12.0. The SMILES string of the molecule is CS(=O)(=O)N[C@@H]1[C@H](Cc2cccc(-c3cccc(F)c3)c2)N(C(=O)C2CCO2)CC1(F)F. The van der Waals surface area contributed by atoms with Crippen LogP contribution in [0.5, 0.6) is 0 Å². The summed E-state index contributed by atoms with van der Waals surface area (Å²) in [4.78, 5) is 13.8. The second-order valence-corrected chi connectivity index (χ2v) is 10.0. The molecule has 1 amide bonds. The minimum atomic E-state index is -3.96. The number of halogens is 3. The van der Waals surface area contributed by atoms with Crippen molar-refractivity contribution in [2.75, 3.05) is 19.4 Å². The van der Waals surface area contributed by atoms with Crippen LogP contribution in [-0.4, -0.2) is 62.7 Å². The van der Waals surface area contributed by atoms with E-state index in [9.17, 15) is 26.4 Å². The minimum Gasteiger partial charge on any atom is -0.368 e. The van der Waals surface area contributed by atoms with Crippen molar-refractivity contribution in [1.29, 1.82) is 0 Å². The van der Waals surface area contributed by atoms with Gasteiger partial charge in [0.1, 0.15) is 18.0 Å². The fraction of sp³-hybridized carbons (Fsp3) is 0.409. The Morgan fingerprint density at radius 2 is 1.84 bits per heavy atom. The van der Waals surface area contributed by atoms with Crippen molar-refractivity contribution in [3.8, 4) is 11.1 Å². The van der Waals surface area contributed by atoms with Crippen LogP contribution in [0.25, 0.3) is 11.1 Å². The fourth-order valence-electron chi connectivity index (χ4n) is 4.17. The summed E-state index contributed by atoms with van der Waals surface area (Å²) in [6, 6.07) is 10.00. The van der Waals surface area contributed by atoms with Gasteiger partial charge in [-0.3, -0.25) is 4.79 Å². The maximum absolute atomic E-state index is 14.9. The Bertz CT molecular complexity index is 1120. The third-order valence-corrected chi connectivity index (χ3v) is 6.43. The Kier molecular flexibility index (Phi) is 6.04. The van der Waals surface area contributed by atoms with E-state index in [1.807, 2.05) is 4.72 Å². The topological polar surface area (TPSA) is 75.7 Å². The van der Waals surface area contributed by atoms with Crippen LogP contribution in [-0.2, 0) is 26.0 Å². The molecular weight excluding hydrogens is 445 g/mol. The van der Waals surface area contributed by atoms with Gasteiger partial charge in [0.05, 0.1) is 25.4 Å². The number of hydrogen-bond donors (Lipinski definition) is 1. The highest BCUT2D eigenvalue weighted by atomic mass is 32.2. The van der Waals surface area contributed by atoms with Crippen LogP contribution in [0.4, 0.5) is 13.2 Å². The molecule has 10 heteroatoms. The van der Waals surface area contributed by atoms with E-state index < -0.39 is 52.4 Å². The van der Waals surface area contributed by atoms with Gasteiger partial charge in [-0.15, -0.1) is 0 Å². The number of hydrogen-bond acceptors (Lipinski definition) is 4. The second-order valence-electron chi connectivity index (χ2n) is 8.23. The van der Waals surface area contributed by atoms with Crippen LogP contribution in [0, 0.1) is 5.82 Å². The zero-order chi connectivity index (χ0) is 23.1. The number of ether oxygens (including phenoxy) is 1. The molecule has 2 aliphatic rings. The molecule has 2 heterocycles. The number of benzene rings is 2. The number of nitrogens with zero attached hydrogens (tertiary/aromatic N) is 1. The first-order valence-electron chi connectivity index (χ1n) is 10.2. The van der Waals surface area contributed by atoms with E-state index in [1.54, 1.807) is 36.4 Å². The third-order valence-electron chi connectivity index (χ3n) is 5.75. The maximum atomic E-state index is 14.9. The summed E-state index contributed by atoms with van der Waals surface area (Å²) in [6.45, 7) is -0.515. The Labute approximate surface area is 184 Å². The summed E-state index contributed by atoms with van der Waals surface area (Å²) in [6.07, 6.45) is 0.450. The fourth-order valence-corrected chi connectivity index (χ4v) is 4.96. The summed E-state index contributed by atoms with van der Waals surface area (Å²) in [5.41, 5.74) is 1.91. The molecule has 172 valence electrons. The van der Waals surface area contributed by atoms with Gasteiger partial charge >= 0.3 is 0 Å². The van der Waals surface area contributed by atoms with Crippen molar-refractivity contribution >= 4 is 15.9 Å². The minimum absolute atomic E-state index is 0.00953. The largest absolute Gasteiger partial charge is 0.368 e. The number of likely N-dealkylation sites (tertiary alicyclic amines) is 1. The maximum Gasteiger partial charge on any atom is 0.283 e. The second kappa shape index (κ2) is 8.49. The predicted molar refractivity (Wildman–Crippen MR) is 112 cm³/mol. The molecule has 1 N–H and O–H groups in total. The standard InChI is InChI=1S/C22H23F3N2O4S/c1-32(29,30)26-20-18(27(13-22(20,24)25)21(28)19-8-9-31-19)11-14-4-2-5-15(10-14)16-6-3-7-17(23)12-16/h2-7,10,12,18-20,26H,8-9,11,13H2,1H3/t18-,19?,20+/m0/s1. The lowest BCUT2D eigenvalue weighted by atomic mass is 9.96. The van der Waals surface area contributed by atoms with E-state index in [0.717, 1.165) is 11.2 Å². The number of alkyl halides is 2. The van der Waals surface area contributed by atoms with Crippen molar-refractivity contribution in [3.63, 3.8) is 0 Å². The molecule has 0 radical (unpaired) electrons. The van der Waals surface area contributed by atoms with Gasteiger partial charge in [0, 0.05) is 6.42 Å². The van der Waals surface area contributed by atoms with Crippen molar-refractivity contribution in [2.24, 2.45) is 0 Å². The van der Waals surface area contributed by atoms with Gasteiger partial charge in [0.25, 0.3) is 11.8 Å². The highest BCUT2D eigenvalue weighted by molar-refractivity contribution is 7.88. The Hall–Kier alpha value is -2.43. The zero-order valence-corrected chi connectivity index (χ0v) is 18.1. The van der Waals surface area contributed by atoms with Crippen LogP contribution in [0.1, 0.15) is 12.0 Å². The quantitative estimate of drug-likeness (QED) is 0.707. The van der Waals surface area contributed by atoms with Crippen LogP contribution < -0.4 is 4.72 Å². The molecule has 0 aliphatic carbocycles. The molecule has 0 spiro atoms. The van der Waals surface area contributed by atoms with Crippen molar-refractivity contribution in [2.45, 2.75) is 37.0 Å². The molecule has 4 rings (SSSR count).